The Morgan fingerprint density at radius 1 is 0.816 bits per heavy atom. The minimum Gasteiger partial charge on any atom is -0.420 e. The van der Waals surface area contributed by atoms with E-state index < -0.39 is 12.1 Å². The SMILES string of the molecule is O=C(NCCN1CCCC1)c1ccccc1-c1ccc(CN(CCc2ccc(OC(=O)C(F)(F)F)cc2)C(=O)Cc2ccc(Br)cc2)cc1. The van der Waals surface area contributed by atoms with Crippen LogP contribution >= 0.6 is 15.9 Å². The van der Waals surface area contributed by atoms with Gasteiger partial charge in [0.2, 0.25) is 5.91 Å². The molecule has 0 aromatic heterocycles. The number of nitrogens with one attached hydrogen (secondary N) is 1. The molecule has 256 valence electrons. The van der Waals surface area contributed by atoms with Gasteiger partial charge in [0.05, 0.1) is 6.42 Å². The highest BCUT2D eigenvalue weighted by Crippen LogP contribution is 2.25. The molecule has 1 N–H and O–H groups in total. The minimum absolute atomic E-state index is 0.0851. The number of carbonyl (C=O) groups is 3. The Bertz CT molecular complexity index is 1720. The van der Waals surface area contributed by atoms with Gasteiger partial charge in [-0.2, -0.15) is 13.2 Å². The summed E-state index contributed by atoms with van der Waals surface area (Å²) in [6.45, 7) is 4.25. The van der Waals surface area contributed by atoms with Gasteiger partial charge >= 0.3 is 12.1 Å². The number of ether oxygens (including phenoxy) is 1. The van der Waals surface area contributed by atoms with Crippen molar-refractivity contribution in [3.05, 3.63) is 124 Å². The average molecular weight is 737 g/mol. The first-order chi connectivity index (χ1) is 23.5. The summed E-state index contributed by atoms with van der Waals surface area (Å²) in [5.74, 6) is -2.70. The van der Waals surface area contributed by atoms with Crippen LogP contribution in [0, 0.1) is 0 Å². The molecular weight excluding hydrogens is 699 g/mol. The number of nitrogens with zero attached hydrogens (tertiary/aromatic N) is 2. The maximum Gasteiger partial charge on any atom is 0.491 e. The summed E-state index contributed by atoms with van der Waals surface area (Å²) in [4.78, 5) is 42.0. The molecule has 7 nitrogen and oxygen atoms in total. The van der Waals surface area contributed by atoms with Crippen LogP contribution in [0.5, 0.6) is 5.75 Å². The Morgan fingerprint density at radius 2 is 1.45 bits per heavy atom. The van der Waals surface area contributed by atoms with Gasteiger partial charge in [0, 0.05) is 36.2 Å². The zero-order chi connectivity index (χ0) is 34.8. The van der Waals surface area contributed by atoms with E-state index in [0.717, 1.165) is 51.9 Å². The number of alkyl halides is 3. The van der Waals surface area contributed by atoms with E-state index in [1.807, 2.05) is 72.8 Å². The number of rotatable bonds is 13. The molecule has 1 heterocycles. The third-order valence-corrected chi connectivity index (χ3v) is 8.91. The van der Waals surface area contributed by atoms with Crippen molar-refractivity contribution < 1.29 is 32.3 Å². The average Bonchev–Trinajstić information content (AvgIpc) is 3.62. The molecule has 1 saturated heterocycles. The minimum atomic E-state index is -5.09. The van der Waals surface area contributed by atoms with Crippen LogP contribution in [-0.2, 0) is 29.0 Å². The van der Waals surface area contributed by atoms with Crippen LogP contribution in [0.25, 0.3) is 11.1 Å². The van der Waals surface area contributed by atoms with E-state index >= 15 is 0 Å². The lowest BCUT2D eigenvalue weighted by Crippen LogP contribution is -2.33. The molecule has 0 bridgehead atoms. The number of amides is 2. The quantitative estimate of drug-likeness (QED) is 0.116. The largest absolute Gasteiger partial charge is 0.491 e. The molecular formula is C38H37BrF3N3O4. The van der Waals surface area contributed by atoms with Gasteiger partial charge in [-0.3, -0.25) is 9.59 Å². The van der Waals surface area contributed by atoms with Gasteiger partial charge in [0.1, 0.15) is 5.75 Å². The summed E-state index contributed by atoms with van der Waals surface area (Å²) in [6.07, 6.45) is -2.06. The Hall–Kier alpha value is -4.48. The second-order valence-electron chi connectivity index (χ2n) is 11.9. The summed E-state index contributed by atoms with van der Waals surface area (Å²) in [6, 6.07) is 28.6. The maximum absolute atomic E-state index is 13.6. The maximum atomic E-state index is 13.6. The van der Waals surface area contributed by atoms with Crippen molar-refractivity contribution in [2.45, 2.75) is 38.4 Å². The summed E-state index contributed by atoms with van der Waals surface area (Å²) in [5.41, 5.74) is 4.82. The fourth-order valence-corrected chi connectivity index (χ4v) is 5.97. The van der Waals surface area contributed by atoms with Crippen molar-refractivity contribution in [1.29, 1.82) is 0 Å². The highest BCUT2D eigenvalue weighted by molar-refractivity contribution is 9.10. The molecule has 5 rings (SSSR count). The molecule has 0 radical (unpaired) electrons. The molecule has 49 heavy (non-hydrogen) atoms. The van der Waals surface area contributed by atoms with Crippen molar-refractivity contribution in [3.8, 4) is 16.9 Å². The normalized spacial score (nSPS) is 13.2. The first-order valence-electron chi connectivity index (χ1n) is 16.1. The number of benzene rings is 4. The summed E-state index contributed by atoms with van der Waals surface area (Å²) in [5, 5.41) is 3.06. The Kier molecular flexibility index (Phi) is 12.2. The van der Waals surface area contributed by atoms with Crippen LogP contribution in [0.15, 0.2) is 102 Å². The molecule has 0 atom stereocenters. The van der Waals surface area contributed by atoms with Crippen LogP contribution < -0.4 is 10.1 Å². The first-order valence-corrected chi connectivity index (χ1v) is 16.9. The Morgan fingerprint density at radius 3 is 2.12 bits per heavy atom. The zero-order valence-electron chi connectivity index (χ0n) is 26.8. The van der Waals surface area contributed by atoms with E-state index in [9.17, 15) is 27.6 Å². The fourth-order valence-electron chi connectivity index (χ4n) is 5.71. The molecule has 0 unspecified atom stereocenters. The second-order valence-corrected chi connectivity index (χ2v) is 12.9. The summed E-state index contributed by atoms with van der Waals surface area (Å²) < 4.78 is 43.0. The van der Waals surface area contributed by atoms with E-state index in [1.54, 1.807) is 17.0 Å². The van der Waals surface area contributed by atoms with Gasteiger partial charge in [0.15, 0.2) is 0 Å². The van der Waals surface area contributed by atoms with Crippen LogP contribution in [0.3, 0.4) is 0 Å². The summed E-state index contributed by atoms with van der Waals surface area (Å²) >= 11 is 3.42. The number of carbonyl (C=O) groups excluding carboxylic acids is 3. The van der Waals surface area contributed by atoms with Crippen LogP contribution in [0.2, 0.25) is 0 Å². The van der Waals surface area contributed by atoms with Gasteiger partial charge in [-0.15, -0.1) is 0 Å². The van der Waals surface area contributed by atoms with E-state index in [1.165, 1.54) is 25.0 Å². The molecule has 2 amide bonds. The molecule has 0 saturated carbocycles. The van der Waals surface area contributed by atoms with E-state index in [0.29, 0.717) is 31.6 Å². The number of likely N-dealkylation sites (tertiary alicyclic amines) is 1. The highest BCUT2D eigenvalue weighted by Gasteiger charge is 2.41. The number of halogens is 4. The van der Waals surface area contributed by atoms with E-state index in [-0.39, 0.29) is 24.0 Å². The van der Waals surface area contributed by atoms with E-state index in [2.05, 4.69) is 30.9 Å². The monoisotopic (exact) mass is 735 g/mol. The smallest absolute Gasteiger partial charge is 0.420 e. The van der Waals surface area contributed by atoms with Gasteiger partial charge in [-0.05, 0) is 90.5 Å². The molecule has 1 aliphatic rings. The van der Waals surface area contributed by atoms with Crippen molar-refractivity contribution in [1.82, 2.24) is 15.1 Å². The molecule has 1 fully saturated rings. The number of hydrogen-bond acceptors (Lipinski definition) is 5. The predicted molar refractivity (Wildman–Crippen MR) is 185 cm³/mol. The molecule has 0 spiro atoms. The van der Waals surface area contributed by atoms with Crippen LogP contribution in [-0.4, -0.2) is 66.5 Å². The molecule has 4 aromatic rings. The van der Waals surface area contributed by atoms with Crippen molar-refractivity contribution in [3.63, 3.8) is 0 Å². The Balaban J connectivity index is 1.26. The molecule has 11 heteroatoms. The lowest BCUT2D eigenvalue weighted by Gasteiger charge is -2.23. The van der Waals surface area contributed by atoms with Crippen molar-refractivity contribution in [2.75, 3.05) is 32.7 Å². The van der Waals surface area contributed by atoms with E-state index in [4.69, 9.17) is 0 Å². The number of esters is 1. The van der Waals surface area contributed by atoms with Crippen molar-refractivity contribution in [2.24, 2.45) is 0 Å². The van der Waals surface area contributed by atoms with Crippen LogP contribution in [0.4, 0.5) is 13.2 Å². The lowest BCUT2D eigenvalue weighted by atomic mass is 9.98. The second kappa shape index (κ2) is 16.8. The highest BCUT2D eigenvalue weighted by atomic mass is 79.9. The molecule has 4 aromatic carbocycles. The third-order valence-electron chi connectivity index (χ3n) is 8.38. The third kappa shape index (κ3) is 10.5. The van der Waals surface area contributed by atoms with Gasteiger partial charge in [-0.1, -0.05) is 82.7 Å². The van der Waals surface area contributed by atoms with Crippen LogP contribution in [0.1, 0.15) is 39.9 Å². The zero-order valence-corrected chi connectivity index (χ0v) is 28.4. The standard InChI is InChI=1S/C38H37BrF3N3O4/c39-31-15-9-28(10-16-31)25-35(46)45(23-19-27-11-17-32(18-12-27)49-37(48)38(40,41)42)26-29-7-13-30(14-8-29)33-5-1-2-6-34(33)36(47)43-20-24-44-21-3-4-22-44/h1-2,5-18H,3-4,19-26H2,(H,43,47). The summed E-state index contributed by atoms with van der Waals surface area (Å²) in [7, 11) is 0. The molecule has 1 aliphatic heterocycles. The topological polar surface area (TPSA) is 79.0 Å². The van der Waals surface area contributed by atoms with Gasteiger partial charge in [-0.25, -0.2) is 4.79 Å². The van der Waals surface area contributed by atoms with Gasteiger partial charge in [0.25, 0.3) is 5.91 Å². The lowest BCUT2D eigenvalue weighted by molar-refractivity contribution is -0.189. The first kappa shape index (κ1) is 35.8. The Labute approximate surface area is 292 Å². The van der Waals surface area contributed by atoms with Gasteiger partial charge < -0.3 is 19.9 Å². The predicted octanol–water partition coefficient (Wildman–Crippen LogP) is 7.22. The number of hydrogen-bond donors (Lipinski definition) is 1. The van der Waals surface area contributed by atoms with Crippen molar-refractivity contribution >= 4 is 33.7 Å². The molecule has 0 aliphatic carbocycles. The fraction of sp³-hybridized carbons (Fsp3) is 0.289.